The number of methoxy groups -OCH3 is 2. The summed E-state index contributed by atoms with van der Waals surface area (Å²) in [5.41, 5.74) is 1.52. The third-order valence-corrected chi connectivity index (χ3v) is 7.13. The van der Waals surface area contributed by atoms with Gasteiger partial charge in [0.2, 0.25) is 5.27 Å². The van der Waals surface area contributed by atoms with E-state index in [9.17, 15) is 9.90 Å². The molecule has 3 aromatic rings. The number of carbonyl (C=O) groups is 1. The second-order valence-corrected chi connectivity index (χ2v) is 9.72. The van der Waals surface area contributed by atoms with Crippen LogP contribution in [0.3, 0.4) is 0 Å². The number of thioether (sulfide) groups is 1. The lowest BCUT2D eigenvalue weighted by atomic mass is 10.1. The molecule has 1 aromatic heterocycles. The summed E-state index contributed by atoms with van der Waals surface area (Å²) in [4.78, 5) is 25.2. The van der Waals surface area contributed by atoms with Crippen LogP contribution in [-0.2, 0) is 4.79 Å². The summed E-state index contributed by atoms with van der Waals surface area (Å²) in [5, 5.41) is 19.1. The van der Waals surface area contributed by atoms with Crippen LogP contribution in [0.5, 0.6) is 11.5 Å². The van der Waals surface area contributed by atoms with E-state index in [0.717, 1.165) is 37.7 Å². The number of carbonyl (C=O) groups excluding carboxylic acids is 1. The summed E-state index contributed by atoms with van der Waals surface area (Å²) >= 11 is 1.12. The fourth-order valence-electron chi connectivity index (χ4n) is 4.26. The van der Waals surface area contributed by atoms with E-state index in [0.29, 0.717) is 27.9 Å². The highest BCUT2D eigenvalue weighted by molar-refractivity contribution is 8.14. The molecule has 202 valence electrons. The number of aliphatic imine (C=N–C) groups is 2. The Kier molecular flexibility index (Phi) is 8.11. The van der Waals surface area contributed by atoms with Crippen LogP contribution >= 0.6 is 11.8 Å². The van der Waals surface area contributed by atoms with Gasteiger partial charge in [0.05, 0.1) is 37.8 Å². The molecule has 0 saturated carbocycles. The van der Waals surface area contributed by atoms with E-state index in [1.54, 1.807) is 49.5 Å². The van der Waals surface area contributed by atoms with Crippen molar-refractivity contribution >= 4 is 46.4 Å². The molecule has 0 bridgehead atoms. The molecular formula is C27H28N6O5S. The summed E-state index contributed by atoms with van der Waals surface area (Å²) in [6.45, 7) is 1.75. The van der Waals surface area contributed by atoms with Crippen molar-refractivity contribution in [2.45, 2.75) is 19.3 Å². The lowest BCUT2D eigenvalue weighted by Gasteiger charge is -2.18. The largest absolute Gasteiger partial charge is 0.861 e. The molecule has 0 aliphatic carbocycles. The number of nitrogens with zero attached hydrogens (tertiary/aromatic N) is 6. The van der Waals surface area contributed by atoms with E-state index in [4.69, 9.17) is 14.0 Å². The number of hydrogen-bond donors (Lipinski definition) is 0. The van der Waals surface area contributed by atoms with Crippen molar-refractivity contribution in [3.05, 3.63) is 66.0 Å². The number of ether oxygens (including phenoxy) is 2. The number of anilines is 1. The molecule has 2 aliphatic heterocycles. The molecule has 2 aliphatic rings. The molecule has 1 amide bonds. The van der Waals surface area contributed by atoms with E-state index >= 15 is 0 Å². The zero-order chi connectivity index (χ0) is 27.2. The summed E-state index contributed by atoms with van der Waals surface area (Å²) in [5.74, 6) is 0.512. The number of para-hydroxylation sites is 1. The maximum atomic E-state index is 13.5. The lowest BCUT2D eigenvalue weighted by molar-refractivity contribution is -0.759. The van der Waals surface area contributed by atoms with Gasteiger partial charge in [0.15, 0.2) is 5.17 Å². The molecule has 0 N–H and O–H groups in total. The number of piperidine rings is 1. The first-order chi connectivity index (χ1) is 19.1. The predicted octanol–water partition coefficient (Wildman–Crippen LogP) is 2.67. The van der Waals surface area contributed by atoms with Crippen LogP contribution in [0.4, 0.5) is 11.6 Å². The van der Waals surface area contributed by atoms with Gasteiger partial charge < -0.3 is 14.6 Å². The van der Waals surface area contributed by atoms with Crippen molar-refractivity contribution < 1.29 is 28.7 Å². The van der Waals surface area contributed by atoms with Crippen molar-refractivity contribution in [2.75, 3.05) is 43.0 Å². The van der Waals surface area contributed by atoms with Gasteiger partial charge in [-0.2, -0.15) is 5.01 Å². The van der Waals surface area contributed by atoms with Crippen LogP contribution in [0.15, 0.2) is 74.9 Å². The SMILES string of the molecule is COc1ccc(/C=C2/N=C(SC/C([O-])=N/c3c[n+](N4CCCCC4)no3)N(c3ccccc3)C2=O)c(OC)c1. The normalized spacial score (nSPS) is 17.1. The van der Waals surface area contributed by atoms with Gasteiger partial charge in [0, 0.05) is 17.4 Å². The third-order valence-electron chi connectivity index (χ3n) is 6.20. The average Bonchev–Trinajstić information content (AvgIpc) is 3.57. The Morgan fingerprint density at radius 2 is 1.95 bits per heavy atom. The first kappa shape index (κ1) is 26.3. The van der Waals surface area contributed by atoms with Crippen molar-refractivity contribution in [3.63, 3.8) is 0 Å². The highest BCUT2D eigenvalue weighted by Gasteiger charge is 2.32. The van der Waals surface area contributed by atoms with Crippen LogP contribution in [0.25, 0.3) is 6.08 Å². The summed E-state index contributed by atoms with van der Waals surface area (Å²) < 4.78 is 16.0. The van der Waals surface area contributed by atoms with Crippen LogP contribution < -0.4 is 29.3 Å². The smallest absolute Gasteiger partial charge is 0.324 e. The number of benzene rings is 2. The van der Waals surface area contributed by atoms with E-state index in [2.05, 4.69) is 15.3 Å². The average molecular weight is 549 g/mol. The van der Waals surface area contributed by atoms with E-state index in [1.807, 2.05) is 35.3 Å². The molecule has 0 unspecified atom stereocenters. The molecule has 0 atom stereocenters. The van der Waals surface area contributed by atoms with Gasteiger partial charge in [-0.05, 0) is 55.5 Å². The molecule has 39 heavy (non-hydrogen) atoms. The fraction of sp³-hybridized carbons (Fsp3) is 0.296. The first-order valence-electron chi connectivity index (χ1n) is 12.5. The maximum absolute atomic E-state index is 13.5. The lowest BCUT2D eigenvalue weighted by Crippen LogP contribution is -2.60. The van der Waals surface area contributed by atoms with Gasteiger partial charge in [-0.3, -0.25) is 14.2 Å². The molecule has 11 nitrogen and oxygen atoms in total. The Balaban J connectivity index is 1.36. The number of amides is 1. The minimum absolute atomic E-state index is 0.0427. The van der Waals surface area contributed by atoms with Crippen molar-refractivity contribution in [2.24, 2.45) is 9.98 Å². The molecule has 3 heterocycles. The van der Waals surface area contributed by atoms with Gasteiger partial charge in [0.25, 0.3) is 12.1 Å². The standard InChI is InChI=1S/C27H28N6O5S/c1-36-21-12-11-19(23(16-21)37-2)15-22-26(35)33(20-9-5-3-6-10-20)27(28-22)39-18-24(34)29-25-17-32(30-38-25)31-13-7-4-8-14-31/h3,5-6,9-12,15-17H,4,7-8,13-14,18H2,1-2H3/b22-15+. The molecule has 2 aromatic carbocycles. The second-order valence-electron chi connectivity index (χ2n) is 8.78. The number of hydrogen-bond acceptors (Lipinski definition) is 10. The molecule has 1 fully saturated rings. The fourth-order valence-corrected chi connectivity index (χ4v) is 5.06. The minimum atomic E-state index is -0.431. The molecular weight excluding hydrogens is 520 g/mol. The molecule has 5 rings (SSSR count). The van der Waals surface area contributed by atoms with Crippen molar-refractivity contribution in [1.82, 2.24) is 5.27 Å². The molecule has 0 spiro atoms. The quantitative estimate of drug-likeness (QED) is 0.182. The number of amidine groups is 1. The Labute approximate surface area is 230 Å². The van der Waals surface area contributed by atoms with Crippen LogP contribution in [0.2, 0.25) is 0 Å². The van der Waals surface area contributed by atoms with E-state index < -0.39 is 5.90 Å². The number of rotatable bonds is 8. The van der Waals surface area contributed by atoms with Gasteiger partial charge >= 0.3 is 5.88 Å². The topological polar surface area (TPSA) is 120 Å². The van der Waals surface area contributed by atoms with E-state index in [1.165, 1.54) is 11.3 Å². The molecule has 1 saturated heterocycles. The Morgan fingerprint density at radius 1 is 1.15 bits per heavy atom. The Hall–Kier alpha value is -4.32. The Bertz CT molecular complexity index is 1420. The summed E-state index contributed by atoms with van der Waals surface area (Å²) in [7, 11) is 3.12. The summed E-state index contributed by atoms with van der Waals surface area (Å²) in [6, 6.07) is 14.5. The van der Waals surface area contributed by atoms with E-state index in [-0.39, 0.29) is 23.2 Å². The van der Waals surface area contributed by atoms with Gasteiger partial charge in [-0.25, -0.2) is 9.98 Å². The summed E-state index contributed by atoms with van der Waals surface area (Å²) in [6.07, 6.45) is 6.62. The monoisotopic (exact) mass is 548 g/mol. The highest BCUT2D eigenvalue weighted by Crippen LogP contribution is 2.32. The maximum Gasteiger partial charge on any atom is 0.324 e. The minimum Gasteiger partial charge on any atom is -0.861 e. The van der Waals surface area contributed by atoms with Crippen LogP contribution in [0.1, 0.15) is 24.8 Å². The van der Waals surface area contributed by atoms with Gasteiger partial charge in [-0.15, -0.1) is 0 Å². The van der Waals surface area contributed by atoms with Crippen molar-refractivity contribution in [1.29, 1.82) is 0 Å². The van der Waals surface area contributed by atoms with Crippen molar-refractivity contribution in [3.8, 4) is 11.5 Å². The third kappa shape index (κ3) is 6.06. The van der Waals surface area contributed by atoms with Gasteiger partial charge in [-0.1, -0.05) is 30.0 Å². The van der Waals surface area contributed by atoms with Crippen LogP contribution in [0, 0.1) is 0 Å². The highest BCUT2D eigenvalue weighted by atomic mass is 32.2. The second kappa shape index (κ2) is 12.0. The van der Waals surface area contributed by atoms with Crippen LogP contribution in [-0.4, -0.2) is 55.3 Å². The molecule has 12 heteroatoms. The van der Waals surface area contributed by atoms with Gasteiger partial charge in [0.1, 0.15) is 17.2 Å². The predicted molar refractivity (Wildman–Crippen MR) is 147 cm³/mol. The zero-order valence-corrected chi connectivity index (χ0v) is 22.5. The molecule has 0 radical (unpaired) electrons. The number of aromatic nitrogens is 2. The first-order valence-corrected chi connectivity index (χ1v) is 13.5. The Morgan fingerprint density at radius 3 is 2.69 bits per heavy atom. The zero-order valence-electron chi connectivity index (χ0n) is 21.6.